The molecule has 8 aromatic carbocycles. The molecule has 0 atom stereocenters. The Hall–Kier alpha value is -10.5. The van der Waals surface area contributed by atoms with Crippen LogP contribution in [0.1, 0.15) is 131 Å². The molecule has 0 bridgehead atoms. The number of hydrogen-bond donors (Lipinski definition) is 3. The molecule has 0 unspecified atom stereocenters. The van der Waals surface area contributed by atoms with E-state index in [0.717, 1.165) is 119 Å². The molecule has 0 aliphatic carbocycles. The minimum absolute atomic E-state index is 0. The number of fused-ring (bicyclic) bond motifs is 4. The third-order valence-electron chi connectivity index (χ3n) is 18.5. The molecule has 3 N–H and O–H groups in total. The Morgan fingerprint density at radius 2 is 0.636 bits per heavy atom. The van der Waals surface area contributed by atoms with Crippen molar-refractivity contribution >= 4 is 99.0 Å². The fourth-order valence-corrected chi connectivity index (χ4v) is 13.1. The van der Waals surface area contributed by atoms with Gasteiger partial charge in [0.1, 0.15) is 16.8 Å². The number of halogens is 2. The number of aromatic nitrogens is 8. The van der Waals surface area contributed by atoms with Gasteiger partial charge in [0.25, 0.3) is 0 Å². The number of nitrogens with one attached hydrogen (secondary N) is 1. The topological polar surface area (TPSA) is 244 Å². The molecule has 4 aromatic heterocycles. The third-order valence-corrected chi connectivity index (χ3v) is 18.8. The Morgan fingerprint density at radius 3 is 0.900 bits per heavy atom. The van der Waals surface area contributed by atoms with Crippen LogP contribution in [-0.2, 0) is 14.2 Å². The van der Waals surface area contributed by atoms with Crippen molar-refractivity contribution in [1.82, 2.24) is 59.9 Å². The number of rotatable bonds is 8. The molecule has 0 spiro atoms. The molecule has 8 heterocycles. The Morgan fingerprint density at radius 1 is 0.373 bits per heavy atom. The number of hydrogen-bond acceptors (Lipinski definition) is 17. The number of para-hydroxylation sites is 8. The van der Waals surface area contributed by atoms with Crippen molar-refractivity contribution < 1.29 is 38.6 Å². The summed E-state index contributed by atoms with van der Waals surface area (Å²) >= 11 is 6.24. The molecule has 0 saturated carbocycles. The van der Waals surface area contributed by atoms with Gasteiger partial charge in [0.15, 0.2) is 5.15 Å². The van der Waals surface area contributed by atoms with Gasteiger partial charge in [-0.2, -0.15) is 0 Å². The maximum absolute atomic E-state index is 12.3. The van der Waals surface area contributed by atoms with E-state index >= 15 is 0 Å². The van der Waals surface area contributed by atoms with Gasteiger partial charge in [0.05, 0.1) is 84.0 Å². The molecular weight excluding hydrogens is 1420 g/mol. The van der Waals surface area contributed by atoms with E-state index in [9.17, 15) is 14.4 Å². The molecule has 12 aromatic rings. The fraction of sp³-hybridized carbons (Fsp3) is 0.322. The Bertz CT molecular complexity index is 5110. The Balaban J connectivity index is 0.000000140. The molecule has 4 aliphatic heterocycles. The van der Waals surface area contributed by atoms with Crippen LogP contribution in [0, 0.1) is 27.7 Å². The normalized spacial score (nSPS) is 14.4. The first-order valence-electron chi connectivity index (χ1n) is 36.9. The first-order valence-corrected chi connectivity index (χ1v) is 37.3. The second kappa shape index (κ2) is 34.6. The minimum atomic E-state index is -1.35. The molecule has 16 rings (SSSR count). The van der Waals surface area contributed by atoms with E-state index in [1.165, 1.54) is 16.7 Å². The number of carbonyl (C=O) groups is 3. The highest BCUT2D eigenvalue weighted by atomic mass is 35.5. The number of aryl methyl sites for hydroxylation is 4. The van der Waals surface area contributed by atoms with Crippen LogP contribution < -0.4 is 10.8 Å². The van der Waals surface area contributed by atoms with Gasteiger partial charge in [-0.05, 0) is 162 Å². The average Bonchev–Trinajstić information content (AvgIpc) is 0.785. The summed E-state index contributed by atoms with van der Waals surface area (Å²) in [6.45, 7) is 30.5. The lowest BCUT2D eigenvalue weighted by Crippen LogP contribution is -2.50. The van der Waals surface area contributed by atoms with E-state index in [-0.39, 0.29) is 48.4 Å². The zero-order valence-corrected chi connectivity index (χ0v) is 66.1. The summed E-state index contributed by atoms with van der Waals surface area (Å²) in [7, 11) is -1.35. The van der Waals surface area contributed by atoms with Gasteiger partial charge in [0.2, 0.25) is 0 Å². The highest BCUT2D eigenvalue weighted by Crippen LogP contribution is 2.39. The lowest BCUT2D eigenvalue weighted by atomic mass is 9.80. The Kier molecular flexibility index (Phi) is 25.3. The SMILES string of the molecule is CC(C)(C)OC(=O)N1CC(c2nc3ccccc3nc2Cl)C1.Cc1cccc(-c2nc3ccccc3nc2C2CN(C(=O)OC(C)(C)C)C2)c1.Cc1cccc(-c2nc3ccccc3nc2C2CN(C(=O)OC(C)(C)C)C2)c1.Cc1cccc(-c2nc3ccccc3nc2C2CNC2)c1.Cc1cccc(B(O)O)c1.Cl. The van der Waals surface area contributed by atoms with Crippen LogP contribution in [0.25, 0.3) is 77.9 Å². The smallest absolute Gasteiger partial charge is 0.444 e. The van der Waals surface area contributed by atoms with Crippen LogP contribution in [0.2, 0.25) is 5.15 Å². The maximum atomic E-state index is 12.3. The van der Waals surface area contributed by atoms with E-state index in [4.69, 9.17) is 65.8 Å². The van der Waals surface area contributed by atoms with Crippen LogP contribution in [0.4, 0.5) is 14.4 Å². The predicted octanol–water partition coefficient (Wildman–Crippen LogP) is 16.9. The largest absolute Gasteiger partial charge is 0.488 e. The third kappa shape index (κ3) is 20.5. The van der Waals surface area contributed by atoms with E-state index in [1.54, 1.807) is 32.9 Å². The van der Waals surface area contributed by atoms with Gasteiger partial charge in [-0.15, -0.1) is 12.4 Å². The summed E-state index contributed by atoms with van der Waals surface area (Å²) in [5.74, 6) is 0.884. The van der Waals surface area contributed by atoms with Crippen LogP contribution in [0.3, 0.4) is 0 Å². The molecule has 110 heavy (non-hydrogen) atoms. The van der Waals surface area contributed by atoms with E-state index in [1.807, 2.05) is 184 Å². The van der Waals surface area contributed by atoms with Crippen LogP contribution in [0.15, 0.2) is 194 Å². The molecule has 4 saturated heterocycles. The van der Waals surface area contributed by atoms with Crippen molar-refractivity contribution in [3.05, 3.63) is 244 Å². The van der Waals surface area contributed by atoms with Gasteiger partial charge >= 0.3 is 25.4 Å². The number of nitrogens with zero attached hydrogens (tertiary/aromatic N) is 11. The zero-order chi connectivity index (χ0) is 77.5. The molecule has 3 amide bonds. The van der Waals surface area contributed by atoms with Crippen molar-refractivity contribution in [2.75, 3.05) is 52.4 Å². The summed E-state index contributed by atoms with van der Waals surface area (Å²) < 4.78 is 16.3. The van der Waals surface area contributed by atoms with Gasteiger partial charge in [-0.1, -0.05) is 161 Å². The van der Waals surface area contributed by atoms with E-state index in [2.05, 4.69) is 96.7 Å². The molecular formula is C87H95BCl2N12O8. The molecule has 23 heteroatoms. The summed E-state index contributed by atoms with van der Waals surface area (Å²) in [4.78, 5) is 80.1. The first-order chi connectivity index (χ1) is 51.9. The van der Waals surface area contributed by atoms with Gasteiger partial charge < -0.3 is 44.3 Å². The Labute approximate surface area is 654 Å². The zero-order valence-electron chi connectivity index (χ0n) is 64.6. The standard InChI is InChI=1S/2C23H25N3O2.C18H17N3.C16H18ClN3O2.C7H9BO2.ClH/c2*1-15-8-7-9-16(12-15)20-21(25-19-11-6-5-10-18(19)24-20)17-13-26(14-17)22(27)28-23(2,3)4;1-12-5-4-6-13(9-12)17-18(14-10-19-11-14)21-16-8-3-2-7-15(16)20-17;1-16(2,3)22-15(21)20-8-10(9-20)13-14(17)19-12-7-5-4-6-11(12)18-13;1-6-3-2-4-7(5-6)8(9)10;/h2*5-12,17H,13-14H2,1-4H3;2-9,14,19H,10-11H2,1H3;4-7,10H,8-9H2,1-3H3;2-5,9-10H,1H3;1H. The van der Waals surface area contributed by atoms with Crippen molar-refractivity contribution in [2.24, 2.45) is 0 Å². The van der Waals surface area contributed by atoms with Crippen LogP contribution in [0.5, 0.6) is 0 Å². The first kappa shape index (κ1) is 80.5. The number of ether oxygens (including phenoxy) is 3. The highest BCUT2D eigenvalue weighted by Gasteiger charge is 2.40. The van der Waals surface area contributed by atoms with E-state index < -0.39 is 23.9 Å². The van der Waals surface area contributed by atoms with Gasteiger partial charge in [-0.25, -0.2) is 54.3 Å². The summed E-state index contributed by atoms with van der Waals surface area (Å²) in [5.41, 5.74) is 20.7. The predicted molar refractivity (Wildman–Crippen MR) is 439 cm³/mol. The summed E-state index contributed by atoms with van der Waals surface area (Å²) in [6, 6.07) is 63.8. The minimum Gasteiger partial charge on any atom is -0.444 e. The van der Waals surface area contributed by atoms with Crippen molar-refractivity contribution in [3.63, 3.8) is 0 Å². The number of carbonyl (C=O) groups excluding carboxylic acids is 3. The van der Waals surface area contributed by atoms with Gasteiger partial charge in [-0.3, -0.25) is 0 Å². The monoisotopic (exact) mass is 1520 g/mol. The molecule has 4 aliphatic rings. The van der Waals surface area contributed by atoms with Gasteiger partial charge in [0, 0.05) is 92.7 Å². The fourth-order valence-electron chi connectivity index (χ4n) is 12.9. The second-order valence-electron chi connectivity index (χ2n) is 31.2. The lowest BCUT2D eigenvalue weighted by molar-refractivity contribution is 0.00697. The molecule has 4 fully saturated rings. The number of amides is 3. The van der Waals surface area contributed by atoms with Crippen molar-refractivity contribution in [3.8, 4) is 33.8 Å². The molecule has 0 radical (unpaired) electrons. The van der Waals surface area contributed by atoms with Crippen molar-refractivity contribution in [2.45, 2.75) is 130 Å². The van der Waals surface area contributed by atoms with Crippen molar-refractivity contribution in [1.29, 1.82) is 0 Å². The molecule has 568 valence electrons. The maximum Gasteiger partial charge on any atom is 0.488 e. The molecule has 20 nitrogen and oxygen atoms in total. The lowest BCUT2D eigenvalue weighted by Gasteiger charge is -2.39. The number of benzene rings is 8. The summed E-state index contributed by atoms with van der Waals surface area (Å²) in [6.07, 6.45) is -0.835. The average molecular weight is 1520 g/mol. The van der Waals surface area contributed by atoms with Crippen LogP contribution in [-0.4, -0.2) is 159 Å². The summed E-state index contributed by atoms with van der Waals surface area (Å²) in [5, 5.41) is 21.1. The quantitative estimate of drug-likeness (QED) is 0.0945. The second-order valence-corrected chi connectivity index (χ2v) is 31.6. The number of likely N-dealkylation sites (tertiary alicyclic amines) is 3. The van der Waals surface area contributed by atoms with E-state index in [0.29, 0.717) is 55.8 Å². The van der Waals surface area contributed by atoms with Crippen LogP contribution >= 0.6 is 24.0 Å². The highest BCUT2D eigenvalue weighted by molar-refractivity contribution is 6.58.